The van der Waals surface area contributed by atoms with E-state index in [9.17, 15) is 8.78 Å². The molecule has 0 spiro atoms. The lowest BCUT2D eigenvalue weighted by atomic mass is 10.0. The highest BCUT2D eigenvalue weighted by atomic mass is 19.1. The van der Waals surface area contributed by atoms with Crippen LogP contribution in [0.3, 0.4) is 0 Å². The van der Waals surface area contributed by atoms with Crippen LogP contribution in [0.5, 0.6) is 0 Å². The van der Waals surface area contributed by atoms with E-state index in [1.807, 2.05) is 54.6 Å². The van der Waals surface area contributed by atoms with Crippen LogP contribution in [-0.2, 0) is 4.74 Å². The lowest BCUT2D eigenvalue weighted by molar-refractivity contribution is 0.317. The maximum Gasteiger partial charge on any atom is 0.222 e. The fourth-order valence-electron chi connectivity index (χ4n) is 2.93. The van der Waals surface area contributed by atoms with Crippen molar-refractivity contribution in [3.05, 3.63) is 107 Å². The van der Waals surface area contributed by atoms with Crippen molar-refractivity contribution in [1.82, 2.24) is 0 Å². The summed E-state index contributed by atoms with van der Waals surface area (Å²) in [6.07, 6.45) is 0. The van der Waals surface area contributed by atoms with Gasteiger partial charge < -0.3 is 4.74 Å². The first-order chi connectivity index (χ1) is 13.2. The van der Waals surface area contributed by atoms with Gasteiger partial charge in [-0.3, -0.25) is 0 Å². The molecule has 0 saturated heterocycles. The zero-order chi connectivity index (χ0) is 18.6. The molecule has 0 radical (unpaired) electrons. The van der Waals surface area contributed by atoms with Crippen LogP contribution < -0.4 is 0 Å². The summed E-state index contributed by atoms with van der Waals surface area (Å²) in [4.78, 5) is 4.41. The minimum Gasteiger partial charge on any atom is -0.475 e. The van der Waals surface area contributed by atoms with Crippen molar-refractivity contribution in [2.24, 2.45) is 4.99 Å². The third-order valence-corrected chi connectivity index (χ3v) is 4.26. The fourth-order valence-corrected chi connectivity index (χ4v) is 2.93. The van der Waals surface area contributed by atoms with Crippen LogP contribution in [0, 0.1) is 23.5 Å². The van der Waals surface area contributed by atoms with Gasteiger partial charge in [-0.05, 0) is 35.9 Å². The average Bonchev–Trinajstić information content (AvgIpc) is 3.17. The van der Waals surface area contributed by atoms with E-state index in [1.165, 1.54) is 18.2 Å². The Balaban J connectivity index is 1.68. The third-order valence-electron chi connectivity index (χ3n) is 4.26. The summed E-state index contributed by atoms with van der Waals surface area (Å²) in [5, 5.41) is 0. The molecule has 1 heterocycles. The fraction of sp³-hybridized carbons (Fsp3) is 0.0870. The van der Waals surface area contributed by atoms with Crippen molar-refractivity contribution in [2.75, 3.05) is 6.61 Å². The summed E-state index contributed by atoms with van der Waals surface area (Å²) in [6, 6.07) is 20.6. The monoisotopic (exact) mass is 359 g/mol. The topological polar surface area (TPSA) is 21.6 Å². The average molecular weight is 359 g/mol. The molecule has 0 bridgehead atoms. The van der Waals surface area contributed by atoms with Gasteiger partial charge in [0.15, 0.2) is 0 Å². The van der Waals surface area contributed by atoms with Gasteiger partial charge in [0, 0.05) is 11.1 Å². The first-order valence-electron chi connectivity index (χ1n) is 8.53. The second-order valence-electron chi connectivity index (χ2n) is 6.06. The third kappa shape index (κ3) is 3.58. The van der Waals surface area contributed by atoms with Crippen LogP contribution in [0.2, 0.25) is 0 Å². The maximum absolute atomic E-state index is 14.0. The molecule has 0 saturated carbocycles. The Morgan fingerprint density at radius 2 is 1.52 bits per heavy atom. The molecule has 1 aliphatic rings. The molecule has 132 valence electrons. The van der Waals surface area contributed by atoms with Gasteiger partial charge >= 0.3 is 0 Å². The normalized spacial score (nSPS) is 15.5. The molecule has 1 aliphatic heterocycles. The molecule has 4 heteroatoms. The molecule has 2 nitrogen and oxygen atoms in total. The minimum absolute atomic E-state index is 0.0126. The summed E-state index contributed by atoms with van der Waals surface area (Å²) in [5.74, 6) is 4.90. The Labute approximate surface area is 156 Å². The largest absolute Gasteiger partial charge is 0.475 e. The number of hydrogen-bond donors (Lipinski definition) is 0. The molecule has 4 rings (SSSR count). The highest BCUT2D eigenvalue weighted by Crippen LogP contribution is 2.29. The summed E-state index contributed by atoms with van der Waals surface area (Å²) in [5.41, 5.74) is 2.36. The van der Waals surface area contributed by atoms with E-state index in [1.54, 1.807) is 0 Å². The van der Waals surface area contributed by atoms with Crippen molar-refractivity contribution in [1.29, 1.82) is 0 Å². The number of nitrogens with zero attached hydrogens (tertiary/aromatic N) is 1. The Morgan fingerprint density at radius 3 is 2.30 bits per heavy atom. The lowest BCUT2D eigenvalue weighted by Gasteiger charge is -2.07. The Morgan fingerprint density at radius 1 is 0.815 bits per heavy atom. The highest BCUT2D eigenvalue weighted by Gasteiger charge is 2.27. The van der Waals surface area contributed by atoms with E-state index in [2.05, 4.69) is 16.8 Å². The second-order valence-corrected chi connectivity index (χ2v) is 6.06. The number of hydrogen-bond acceptors (Lipinski definition) is 2. The van der Waals surface area contributed by atoms with Crippen molar-refractivity contribution in [3.63, 3.8) is 0 Å². The zero-order valence-corrected chi connectivity index (χ0v) is 14.3. The van der Waals surface area contributed by atoms with Gasteiger partial charge in [-0.2, -0.15) is 0 Å². The number of ether oxygens (including phenoxy) is 1. The molecule has 0 aliphatic carbocycles. The van der Waals surface area contributed by atoms with Gasteiger partial charge in [0.25, 0.3) is 0 Å². The van der Waals surface area contributed by atoms with E-state index in [0.717, 1.165) is 16.7 Å². The van der Waals surface area contributed by atoms with Crippen molar-refractivity contribution in [2.45, 2.75) is 6.04 Å². The van der Waals surface area contributed by atoms with Crippen LogP contribution in [-0.4, -0.2) is 12.5 Å². The Hall–Kier alpha value is -3.45. The maximum atomic E-state index is 14.0. The van der Waals surface area contributed by atoms with Gasteiger partial charge in [-0.1, -0.05) is 54.3 Å². The van der Waals surface area contributed by atoms with Crippen LogP contribution in [0.15, 0.2) is 77.8 Å². The molecule has 27 heavy (non-hydrogen) atoms. The predicted molar refractivity (Wildman–Crippen MR) is 100 cm³/mol. The van der Waals surface area contributed by atoms with Crippen LogP contribution in [0.1, 0.15) is 28.3 Å². The van der Waals surface area contributed by atoms with Crippen molar-refractivity contribution >= 4 is 5.90 Å². The van der Waals surface area contributed by atoms with E-state index >= 15 is 0 Å². The van der Waals surface area contributed by atoms with Crippen molar-refractivity contribution in [3.8, 4) is 11.8 Å². The lowest BCUT2D eigenvalue weighted by Crippen LogP contribution is -2.07. The minimum atomic E-state index is -0.688. The first-order valence-corrected chi connectivity index (χ1v) is 8.53. The number of rotatable bonds is 2. The predicted octanol–water partition coefficient (Wildman–Crippen LogP) is 4.88. The van der Waals surface area contributed by atoms with E-state index in [-0.39, 0.29) is 24.1 Å². The molecule has 0 aromatic heterocycles. The van der Waals surface area contributed by atoms with Gasteiger partial charge in [0.05, 0.1) is 0 Å². The molecule has 0 fully saturated rings. The standard InChI is InChI=1S/C23H15F2NO/c24-19-11-6-12-20(25)22(19)23-26-21(15-27-23)18-10-5-4-9-17(18)14-13-16-7-2-1-3-8-16/h1-12,21H,15H2. The Bertz CT molecular complexity index is 1040. The van der Waals surface area contributed by atoms with Gasteiger partial charge in [0.1, 0.15) is 29.8 Å². The first kappa shape index (κ1) is 17.0. The number of halogens is 2. The van der Waals surface area contributed by atoms with Gasteiger partial charge in [-0.25, -0.2) is 13.8 Å². The van der Waals surface area contributed by atoms with E-state index in [4.69, 9.17) is 4.74 Å². The smallest absolute Gasteiger partial charge is 0.222 e. The molecule has 1 atom stereocenters. The summed E-state index contributed by atoms with van der Waals surface area (Å²) in [6.45, 7) is 0.215. The number of aliphatic imine (C=N–C) groups is 1. The summed E-state index contributed by atoms with van der Waals surface area (Å²) in [7, 11) is 0. The Kier molecular flexibility index (Phi) is 4.67. The summed E-state index contributed by atoms with van der Waals surface area (Å²) >= 11 is 0. The highest BCUT2D eigenvalue weighted by molar-refractivity contribution is 5.95. The molecule has 3 aromatic rings. The van der Waals surface area contributed by atoms with Crippen LogP contribution in [0.25, 0.3) is 0 Å². The molecule has 3 aromatic carbocycles. The second kappa shape index (κ2) is 7.43. The zero-order valence-electron chi connectivity index (χ0n) is 14.3. The molecule has 0 amide bonds. The molecule has 0 N–H and O–H groups in total. The van der Waals surface area contributed by atoms with Gasteiger partial charge in [0.2, 0.25) is 5.90 Å². The van der Waals surface area contributed by atoms with Gasteiger partial charge in [-0.15, -0.1) is 0 Å². The van der Waals surface area contributed by atoms with Crippen LogP contribution >= 0.6 is 0 Å². The molecular formula is C23H15F2NO. The molecular weight excluding hydrogens is 344 g/mol. The van der Waals surface area contributed by atoms with E-state index < -0.39 is 11.6 Å². The SMILES string of the molecule is Fc1cccc(F)c1C1=NC(c2ccccc2C#Cc2ccccc2)CO1. The number of benzene rings is 3. The quantitative estimate of drug-likeness (QED) is 0.598. The van der Waals surface area contributed by atoms with E-state index in [0.29, 0.717) is 0 Å². The van der Waals surface area contributed by atoms with Crippen molar-refractivity contribution < 1.29 is 13.5 Å². The van der Waals surface area contributed by atoms with Crippen LogP contribution in [0.4, 0.5) is 8.78 Å². The molecule has 1 unspecified atom stereocenters. The summed E-state index contributed by atoms with van der Waals surface area (Å²) < 4.78 is 33.5.